The average Bonchev–Trinajstić information content (AvgIpc) is 2.92. The molecule has 2 nitrogen and oxygen atoms in total. The lowest BCUT2D eigenvalue weighted by molar-refractivity contribution is 0.0632. The fourth-order valence-corrected chi connectivity index (χ4v) is 3.04. The molecule has 1 aliphatic heterocycles. The molecule has 1 fully saturated rings. The van der Waals surface area contributed by atoms with Gasteiger partial charge in [-0.15, -0.1) is 11.3 Å². The second kappa shape index (κ2) is 10.2. The minimum Gasteiger partial charge on any atom is -0.338 e. The molecule has 0 radical (unpaired) electrons. The molecular formula is C16H28ClNOS. The second-order valence-electron chi connectivity index (χ2n) is 4.60. The van der Waals surface area contributed by atoms with Crippen LogP contribution < -0.4 is 0 Å². The summed E-state index contributed by atoms with van der Waals surface area (Å²) in [4.78, 5) is 14.9. The fraction of sp³-hybridized carbons (Fsp3) is 0.688. The minimum atomic E-state index is 0.135. The molecule has 1 amide bonds. The summed E-state index contributed by atoms with van der Waals surface area (Å²) < 4.78 is 0.682. The van der Waals surface area contributed by atoms with Crippen LogP contribution in [0.1, 0.15) is 57.6 Å². The van der Waals surface area contributed by atoms with E-state index in [0.29, 0.717) is 10.3 Å². The van der Waals surface area contributed by atoms with Crippen LogP contribution in [0.4, 0.5) is 0 Å². The van der Waals surface area contributed by atoms with Crippen molar-refractivity contribution in [2.75, 3.05) is 13.1 Å². The SMILES string of the molecule is CC.CC.CC1CCN(C(=O)c2ccc(Cl)s2)CC1C. The Morgan fingerprint density at radius 1 is 1.20 bits per heavy atom. The van der Waals surface area contributed by atoms with Crippen molar-refractivity contribution >= 4 is 28.8 Å². The van der Waals surface area contributed by atoms with Crippen LogP contribution in [-0.4, -0.2) is 23.9 Å². The third kappa shape index (κ3) is 5.45. The maximum absolute atomic E-state index is 12.1. The van der Waals surface area contributed by atoms with Gasteiger partial charge in [-0.05, 0) is 30.4 Å². The largest absolute Gasteiger partial charge is 0.338 e. The van der Waals surface area contributed by atoms with Gasteiger partial charge in [-0.1, -0.05) is 53.1 Å². The summed E-state index contributed by atoms with van der Waals surface area (Å²) in [7, 11) is 0. The highest BCUT2D eigenvalue weighted by molar-refractivity contribution is 7.17. The molecule has 2 heterocycles. The Kier molecular flexibility index (Phi) is 9.95. The molecule has 0 saturated carbocycles. The number of halogens is 1. The molecule has 2 unspecified atom stereocenters. The van der Waals surface area contributed by atoms with Crippen LogP contribution in [0.2, 0.25) is 4.34 Å². The number of piperidine rings is 1. The monoisotopic (exact) mass is 317 g/mol. The van der Waals surface area contributed by atoms with Gasteiger partial charge in [0.2, 0.25) is 0 Å². The zero-order valence-corrected chi connectivity index (χ0v) is 15.1. The first-order valence-electron chi connectivity index (χ1n) is 7.62. The molecular weight excluding hydrogens is 290 g/mol. The molecule has 116 valence electrons. The van der Waals surface area contributed by atoms with Crippen LogP contribution in [0.3, 0.4) is 0 Å². The number of carbonyl (C=O) groups excluding carboxylic acids is 1. The highest BCUT2D eigenvalue weighted by Crippen LogP contribution is 2.27. The van der Waals surface area contributed by atoms with Gasteiger partial charge in [-0.25, -0.2) is 0 Å². The van der Waals surface area contributed by atoms with E-state index in [2.05, 4.69) is 13.8 Å². The lowest BCUT2D eigenvalue weighted by Crippen LogP contribution is -2.41. The Morgan fingerprint density at radius 3 is 2.25 bits per heavy atom. The second-order valence-corrected chi connectivity index (χ2v) is 6.31. The topological polar surface area (TPSA) is 20.3 Å². The van der Waals surface area contributed by atoms with E-state index in [1.807, 2.05) is 38.7 Å². The number of hydrogen-bond donors (Lipinski definition) is 0. The molecule has 0 aromatic carbocycles. The molecule has 2 atom stereocenters. The average molecular weight is 318 g/mol. The Morgan fingerprint density at radius 2 is 1.80 bits per heavy atom. The number of nitrogens with zero attached hydrogens (tertiary/aromatic N) is 1. The van der Waals surface area contributed by atoms with Crippen molar-refractivity contribution in [2.45, 2.75) is 48.0 Å². The van der Waals surface area contributed by atoms with E-state index in [-0.39, 0.29) is 5.91 Å². The summed E-state index contributed by atoms with van der Waals surface area (Å²) in [5, 5.41) is 0. The van der Waals surface area contributed by atoms with Crippen LogP contribution in [0.15, 0.2) is 12.1 Å². The molecule has 1 aromatic heterocycles. The van der Waals surface area contributed by atoms with E-state index in [4.69, 9.17) is 11.6 Å². The van der Waals surface area contributed by atoms with Gasteiger partial charge in [0.05, 0.1) is 9.21 Å². The molecule has 0 bridgehead atoms. The van der Waals surface area contributed by atoms with Crippen molar-refractivity contribution in [1.29, 1.82) is 0 Å². The van der Waals surface area contributed by atoms with Gasteiger partial charge in [-0.2, -0.15) is 0 Å². The van der Waals surface area contributed by atoms with Gasteiger partial charge in [0, 0.05) is 13.1 Å². The van der Waals surface area contributed by atoms with Gasteiger partial charge in [0.15, 0.2) is 0 Å². The molecule has 1 aliphatic rings. The standard InChI is InChI=1S/C12H16ClNOS.2C2H6/c1-8-5-6-14(7-9(8)2)12(15)10-3-4-11(13)16-10;2*1-2/h3-4,8-9H,5-7H2,1-2H3;2*1-2H3. The van der Waals surface area contributed by atoms with Crippen molar-refractivity contribution in [2.24, 2.45) is 11.8 Å². The van der Waals surface area contributed by atoms with Crippen molar-refractivity contribution in [3.8, 4) is 0 Å². The number of likely N-dealkylation sites (tertiary alicyclic amines) is 1. The molecule has 20 heavy (non-hydrogen) atoms. The molecule has 0 N–H and O–H groups in total. The lowest BCUT2D eigenvalue weighted by Gasteiger charge is -2.35. The van der Waals surface area contributed by atoms with Crippen LogP contribution in [0.5, 0.6) is 0 Å². The van der Waals surface area contributed by atoms with E-state index in [9.17, 15) is 4.79 Å². The van der Waals surface area contributed by atoms with E-state index < -0.39 is 0 Å². The van der Waals surface area contributed by atoms with Crippen LogP contribution in [-0.2, 0) is 0 Å². The van der Waals surface area contributed by atoms with Crippen molar-refractivity contribution in [3.05, 3.63) is 21.3 Å². The Hall–Kier alpha value is -0.540. The zero-order valence-electron chi connectivity index (χ0n) is 13.6. The maximum Gasteiger partial charge on any atom is 0.263 e. The Bertz CT molecular complexity index is 392. The quantitative estimate of drug-likeness (QED) is 0.663. The van der Waals surface area contributed by atoms with Gasteiger partial charge in [0.1, 0.15) is 0 Å². The molecule has 1 aromatic rings. The number of rotatable bonds is 1. The van der Waals surface area contributed by atoms with Gasteiger partial charge in [0.25, 0.3) is 5.91 Å². The zero-order chi connectivity index (χ0) is 15.7. The van der Waals surface area contributed by atoms with Gasteiger partial charge < -0.3 is 4.90 Å². The normalized spacial score (nSPS) is 21.2. The number of hydrogen-bond acceptors (Lipinski definition) is 2. The molecule has 1 saturated heterocycles. The van der Waals surface area contributed by atoms with Gasteiger partial charge in [-0.3, -0.25) is 4.79 Å². The third-order valence-electron chi connectivity index (χ3n) is 3.41. The van der Waals surface area contributed by atoms with Crippen molar-refractivity contribution in [3.63, 3.8) is 0 Å². The number of amides is 1. The van der Waals surface area contributed by atoms with Crippen LogP contribution in [0, 0.1) is 11.8 Å². The Labute approximate surface area is 133 Å². The molecule has 2 rings (SSSR count). The summed E-state index contributed by atoms with van der Waals surface area (Å²) in [6.45, 7) is 14.2. The summed E-state index contributed by atoms with van der Waals surface area (Å²) in [6, 6.07) is 3.60. The maximum atomic E-state index is 12.1. The first kappa shape index (κ1) is 19.5. The van der Waals surface area contributed by atoms with Crippen LogP contribution in [0.25, 0.3) is 0 Å². The van der Waals surface area contributed by atoms with Gasteiger partial charge >= 0.3 is 0 Å². The number of carbonyl (C=O) groups is 1. The number of thiophene rings is 1. The predicted octanol–water partition coefficient (Wildman–Crippen LogP) is 5.57. The smallest absolute Gasteiger partial charge is 0.263 e. The van der Waals surface area contributed by atoms with E-state index >= 15 is 0 Å². The fourth-order valence-electron chi connectivity index (χ4n) is 2.03. The summed E-state index contributed by atoms with van der Waals surface area (Å²) in [5.74, 6) is 1.44. The first-order chi connectivity index (χ1) is 9.58. The molecule has 0 spiro atoms. The van der Waals surface area contributed by atoms with Crippen molar-refractivity contribution < 1.29 is 4.79 Å². The third-order valence-corrected chi connectivity index (χ3v) is 4.62. The van der Waals surface area contributed by atoms with E-state index in [1.54, 1.807) is 6.07 Å². The molecule has 0 aliphatic carbocycles. The molecule has 4 heteroatoms. The summed E-state index contributed by atoms with van der Waals surface area (Å²) in [6.07, 6.45) is 1.10. The van der Waals surface area contributed by atoms with Crippen molar-refractivity contribution in [1.82, 2.24) is 4.90 Å². The highest BCUT2D eigenvalue weighted by Gasteiger charge is 2.27. The Balaban J connectivity index is 0.000000829. The van der Waals surface area contributed by atoms with Crippen LogP contribution >= 0.6 is 22.9 Å². The highest BCUT2D eigenvalue weighted by atomic mass is 35.5. The summed E-state index contributed by atoms with van der Waals surface area (Å²) in [5.41, 5.74) is 0. The van der Waals surface area contributed by atoms with E-state index in [0.717, 1.165) is 30.3 Å². The predicted molar refractivity (Wildman–Crippen MR) is 90.9 cm³/mol. The minimum absolute atomic E-state index is 0.135. The lowest BCUT2D eigenvalue weighted by atomic mass is 9.88. The first-order valence-corrected chi connectivity index (χ1v) is 8.82. The van der Waals surface area contributed by atoms with E-state index in [1.165, 1.54) is 11.3 Å². The summed E-state index contributed by atoms with van der Waals surface area (Å²) >= 11 is 7.21.